The molecule has 1 fully saturated rings. The smallest absolute Gasteiger partial charge is 0.165 e. The first-order valence-electron chi connectivity index (χ1n) is 5.53. The highest BCUT2D eigenvalue weighted by Gasteiger charge is 2.23. The molecule has 1 aromatic carbocycles. The molecular weight excluding hydrogens is 209 g/mol. The lowest BCUT2D eigenvalue weighted by Gasteiger charge is -2.17. The van der Waals surface area contributed by atoms with Crippen LogP contribution in [0.1, 0.15) is 6.42 Å². The summed E-state index contributed by atoms with van der Waals surface area (Å²) in [5.41, 5.74) is 0. The van der Waals surface area contributed by atoms with Crippen molar-refractivity contribution in [3.63, 3.8) is 0 Å². The van der Waals surface area contributed by atoms with Crippen molar-refractivity contribution in [2.75, 3.05) is 19.7 Å². The standard InChI is InChI=1S/C12H16FNO2/c13-10-3-1-2-4-12(10)16-8-11(15)9-5-6-14-7-9/h1-4,9,11,14-15H,5-8H2. The van der Waals surface area contributed by atoms with E-state index in [1.165, 1.54) is 6.07 Å². The van der Waals surface area contributed by atoms with E-state index in [9.17, 15) is 9.50 Å². The van der Waals surface area contributed by atoms with Gasteiger partial charge in [-0.15, -0.1) is 0 Å². The van der Waals surface area contributed by atoms with Crippen LogP contribution >= 0.6 is 0 Å². The molecule has 1 aliphatic heterocycles. The molecule has 0 aliphatic carbocycles. The van der Waals surface area contributed by atoms with Crippen LogP contribution < -0.4 is 10.1 Å². The number of hydrogen-bond acceptors (Lipinski definition) is 3. The zero-order chi connectivity index (χ0) is 11.4. The lowest BCUT2D eigenvalue weighted by molar-refractivity contribution is 0.0625. The molecular formula is C12H16FNO2. The van der Waals surface area contributed by atoms with Crippen LogP contribution in [0, 0.1) is 11.7 Å². The van der Waals surface area contributed by atoms with Gasteiger partial charge in [0.1, 0.15) is 6.61 Å². The zero-order valence-corrected chi connectivity index (χ0v) is 9.03. The van der Waals surface area contributed by atoms with Crippen LogP contribution in [-0.4, -0.2) is 30.9 Å². The Morgan fingerprint density at radius 3 is 3.00 bits per heavy atom. The van der Waals surface area contributed by atoms with Crippen LogP contribution in [0.4, 0.5) is 4.39 Å². The number of ether oxygens (including phenoxy) is 1. The molecule has 3 nitrogen and oxygen atoms in total. The predicted octanol–water partition coefficient (Wildman–Crippen LogP) is 1.17. The number of hydrogen-bond donors (Lipinski definition) is 2. The van der Waals surface area contributed by atoms with Gasteiger partial charge in [-0.2, -0.15) is 0 Å². The monoisotopic (exact) mass is 225 g/mol. The minimum absolute atomic E-state index is 0.146. The quantitative estimate of drug-likeness (QED) is 0.808. The molecule has 0 spiro atoms. The summed E-state index contributed by atoms with van der Waals surface area (Å²) in [5.74, 6) is 0.0264. The minimum Gasteiger partial charge on any atom is -0.488 e. The molecule has 16 heavy (non-hydrogen) atoms. The van der Waals surface area contributed by atoms with Crippen LogP contribution in [0.3, 0.4) is 0 Å². The van der Waals surface area contributed by atoms with Crippen LogP contribution in [0.5, 0.6) is 5.75 Å². The minimum atomic E-state index is -0.533. The first-order valence-corrected chi connectivity index (χ1v) is 5.53. The summed E-state index contributed by atoms with van der Waals surface area (Å²) in [4.78, 5) is 0. The fraction of sp³-hybridized carbons (Fsp3) is 0.500. The van der Waals surface area contributed by atoms with Crippen LogP contribution in [0.25, 0.3) is 0 Å². The lowest BCUT2D eigenvalue weighted by Crippen LogP contribution is -2.28. The van der Waals surface area contributed by atoms with Crippen LogP contribution in [0.15, 0.2) is 24.3 Å². The summed E-state index contributed by atoms with van der Waals surface area (Å²) in [5, 5.41) is 13.0. The molecule has 1 saturated heterocycles. The fourth-order valence-corrected chi connectivity index (χ4v) is 1.88. The van der Waals surface area contributed by atoms with Gasteiger partial charge in [0.25, 0.3) is 0 Å². The molecule has 1 aliphatic rings. The van der Waals surface area contributed by atoms with Gasteiger partial charge >= 0.3 is 0 Å². The Morgan fingerprint density at radius 2 is 2.31 bits per heavy atom. The van der Waals surface area contributed by atoms with Crippen molar-refractivity contribution in [2.45, 2.75) is 12.5 Å². The molecule has 0 radical (unpaired) electrons. The second kappa shape index (κ2) is 5.27. The average Bonchev–Trinajstić information content (AvgIpc) is 2.81. The van der Waals surface area contributed by atoms with Gasteiger partial charge in [0.05, 0.1) is 6.10 Å². The van der Waals surface area contributed by atoms with Crippen molar-refractivity contribution in [1.29, 1.82) is 0 Å². The Hall–Kier alpha value is -1.13. The number of nitrogens with one attached hydrogen (secondary N) is 1. The summed E-state index contributed by atoms with van der Waals surface area (Å²) in [6, 6.07) is 6.23. The van der Waals surface area contributed by atoms with E-state index in [4.69, 9.17) is 4.74 Å². The summed E-state index contributed by atoms with van der Waals surface area (Å²) >= 11 is 0. The van der Waals surface area contributed by atoms with E-state index in [1.807, 2.05) is 0 Å². The molecule has 0 amide bonds. The molecule has 2 N–H and O–H groups in total. The van der Waals surface area contributed by atoms with E-state index in [0.29, 0.717) is 0 Å². The topological polar surface area (TPSA) is 41.5 Å². The highest BCUT2D eigenvalue weighted by atomic mass is 19.1. The summed E-state index contributed by atoms with van der Waals surface area (Å²) < 4.78 is 18.5. The summed E-state index contributed by atoms with van der Waals surface area (Å²) in [7, 11) is 0. The van der Waals surface area contributed by atoms with Gasteiger partial charge in [0, 0.05) is 12.5 Å². The van der Waals surface area contributed by atoms with Crippen molar-refractivity contribution < 1.29 is 14.2 Å². The van der Waals surface area contributed by atoms with Crippen molar-refractivity contribution in [3.8, 4) is 5.75 Å². The molecule has 2 unspecified atom stereocenters. The number of aliphatic hydroxyl groups is 1. The third-order valence-electron chi connectivity index (χ3n) is 2.89. The maximum atomic E-state index is 13.2. The number of aliphatic hydroxyl groups excluding tert-OH is 1. The van der Waals surface area contributed by atoms with Crippen molar-refractivity contribution in [1.82, 2.24) is 5.32 Å². The summed E-state index contributed by atoms with van der Waals surface area (Å²) in [6.07, 6.45) is 0.413. The zero-order valence-electron chi connectivity index (χ0n) is 9.03. The molecule has 1 heterocycles. The average molecular weight is 225 g/mol. The number of rotatable bonds is 4. The first kappa shape index (κ1) is 11.4. The van der Waals surface area contributed by atoms with Gasteiger partial charge in [-0.25, -0.2) is 4.39 Å². The molecule has 0 saturated carbocycles. The van der Waals surface area contributed by atoms with Crippen molar-refractivity contribution >= 4 is 0 Å². The maximum absolute atomic E-state index is 13.2. The number of para-hydroxylation sites is 1. The third kappa shape index (κ3) is 2.71. The molecule has 0 aromatic heterocycles. The lowest BCUT2D eigenvalue weighted by atomic mass is 10.0. The number of benzene rings is 1. The van der Waals surface area contributed by atoms with Gasteiger partial charge in [-0.05, 0) is 25.1 Å². The van der Waals surface area contributed by atoms with E-state index >= 15 is 0 Å². The van der Waals surface area contributed by atoms with E-state index in [2.05, 4.69) is 5.32 Å². The van der Waals surface area contributed by atoms with Crippen LogP contribution in [-0.2, 0) is 0 Å². The Balaban J connectivity index is 1.84. The van der Waals surface area contributed by atoms with E-state index in [0.717, 1.165) is 19.5 Å². The van der Waals surface area contributed by atoms with E-state index in [-0.39, 0.29) is 24.1 Å². The van der Waals surface area contributed by atoms with E-state index in [1.54, 1.807) is 18.2 Å². The Bertz CT molecular complexity index is 340. The Labute approximate surface area is 94.2 Å². The Morgan fingerprint density at radius 1 is 1.50 bits per heavy atom. The van der Waals surface area contributed by atoms with Gasteiger partial charge in [0.15, 0.2) is 11.6 Å². The van der Waals surface area contributed by atoms with E-state index < -0.39 is 6.10 Å². The highest BCUT2D eigenvalue weighted by Crippen LogP contribution is 2.18. The molecule has 4 heteroatoms. The van der Waals surface area contributed by atoms with Gasteiger partial charge in [0.2, 0.25) is 0 Å². The highest BCUT2D eigenvalue weighted by molar-refractivity contribution is 5.23. The first-order chi connectivity index (χ1) is 7.77. The predicted molar refractivity (Wildman–Crippen MR) is 58.9 cm³/mol. The van der Waals surface area contributed by atoms with Gasteiger partial charge in [-0.3, -0.25) is 0 Å². The van der Waals surface area contributed by atoms with Crippen molar-refractivity contribution in [2.24, 2.45) is 5.92 Å². The molecule has 2 rings (SSSR count). The summed E-state index contributed by atoms with van der Waals surface area (Å²) in [6.45, 7) is 1.89. The fourth-order valence-electron chi connectivity index (χ4n) is 1.88. The SMILES string of the molecule is OC(COc1ccccc1F)C1CCNC1. The molecule has 2 atom stereocenters. The number of halogens is 1. The second-order valence-corrected chi connectivity index (χ2v) is 4.06. The normalized spacial score (nSPS) is 22.0. The maximum Gasteiger partial charge on any atom is 0.165 e. The molecule has 88 valence electrons. The van der Waals surface area contributed by atoms with Gasteiger partial charge < -0.3 is 15.2 Å². The van der Waals surface area contributed by atoms with Crippen LogP contribution in [0.2, 0.25) is 0 Å². The Kier molecular flexibility index (Phi) is 3.74. The third-order valence-corrected chi connectivity index (χ3v) is 2.89. The van der Waals surface area contributed by atoms with Gasteiger partial charge in [-0.1, -0.05) is 12.1 Å². The molecule has 1 aromatic rings. The van der Waals surface area contributed by atoms with Crippen molar-refractivity contribution in [3.05, 3.63) is 30.1 Å². The largest absolute Gasteiger partial charge is 0.488 e. The molecule has 0 bridgehead atoms. The second-order valence-electron chi connectivity index (χ2n) is 4.06.